The van der Waals surface area contributed by atoms with Gasteiger partial charge >= 0.3 is 0 Å². The molecule has 0 bridgehead atoms. The molecular formula is C12H12FN5O. The highest BCUT2D eigenvalue weighted by molar-refractivity contribution is 6.04. The van der Waals surface area contributed by atoms with Crippen molar-refractivity contribution >= 4 is 17.5 Å². The fourth-order valence-electron chi connectivity index (χ4n) is 1.37. The van der Waals surface area contributed by atoms with Crippen molar-refractivity contribution in [2.24, 2.45) is 0 Å². The molecule has 2 rings (SSSR count). The van der Waals surface area contributed by atoms with Crippen LogP contribution in [0.2, 0.25) is 0 Å². The Morgan fingerprint density at radius 3 is 2.53 bits per heavy atom. The second-order valence-corrected chi connectivity index (χ2v) is 3.98. The van der Waals surface area contributed by atoms with E-state index >= 15 is 0 Å². The highest BCUT2D eigenvalue weighted by Crippen LogP contribution is 2.11. The molecule has 98 valence electrons. The summed E-state index contributed by atoms with van der Waals surface area (Å²) in [6, 6.07) is 1.31. The van der Waals surface area contributed by atoms with Gasteiger partial charge in [-0.25, -0.2) is 14.4 Å². The standard InChI is InChI=1S/C12H12FN5O/c1-18(2)12-15-5-8(6-16-12)17-11(19)9-3-4-14-7-10(9)13/h3-7H,1-2H3,(H,17,19). The van der Waals surface area contributed by atoms with Crippen LogP contribution in [0.4, 0.5) is 16.0 Å². The first kappa shape index (κ1) is 12.9. The SMILES string of the molecule is CN(C)c1ncc(NC(=O)c2ccncc2F)cn1. The minimum absolute atomic E-state index is 0.0771. The van der Waals surface area contributed by atoms with E-state index in [1.165, 1.54) is 24.7 Å². The fourth-order valence-corrected chi connectivity index (χ4v) is 1.37. The highest BCUT2D eigenvalue weighted by atomic mass is 19.1. The average molecular weight is 261 g/mol. The smallest absolute Gasteiger partial charge is 0.258 e. The first-order valence-corrected chi connectivity index (χ1v) is 5.48. The minimum Gasteiger partial charge on any atom is -0.347 e. The van der Waals surface area contributed by atoms with Gasteiger partial charge in [0.2, 0.25) is 5.95 Å². The van der Waals surface area contributed by atoms with E-state index in [9.17, 15) is 9.18 Å². The molecule has 0 unspecified atom stereocenters. The number of nitrogens with one attached hydrogen (secondary N) is 1. The van der Waals surface area contributed by atoms with E-state index in [4.69, 9.17) is 0 Å². The topological polar surface area (TPSA) is 71.0 Å². The summed E-state index contributed by atoms with van der Waals surface area (Å²) in [4.78, 5) is 25.2. The molecule has 0 spiro atoms. The van der Waals surface area contributed by atoms with Crippen molar-refractivity contribution in [2.75, 3.05) is 24.3 Å². The van der Waals surface area contributed by atoms with Gasteiger partial charge < -0.3 is 10.2 Å². The zero-order valence-electron chi connectivity index (χ0n) is 10.5. The van der Waals surface area contributed by atoms with Gasteiger partial charge in [-0.15, -0.1) is 0 Å². The van der Waals surface area contributed by atoms with E-state index in [1.54, 1.807) is 19.0 Å². The number of pyridine rings is 1. The molecule has 1 amide bonds. The van der Waals surface area contributed by atoms with Crippen LogP contribution < -0.4 is 10.2 Å². The zero-order valence-corrected chi connectivity index (χ0v) is 10.5. The van der Waals surface area contributed by atoms with Crippen molar-refractivity contribution in [3.05, 3.63) is 42.2 Å². The number of amides is 1. The lowest BCUT2D eigenvalue weighted by Crippen LogP contribution is -2.16. The summed E-state index contributed by atoms with van der Waals surface area (Å²) in [6.45, 7) is 0. The first-order chi connectivity index (χ1) is 9.08. The Morgan fingerprint density at radius 1 is 1.26 bits per heavy atom. The lowest BCUT2D eigenvalue weighted by molar-refractivity contribution is 0.102. The molecule has 0 saturated carbocycles. The Hall–Kier alpha value is -2.57. The maximum absolute atomic E-state index is 13.4. The van der Waals surface area contributed by atoms with E-state index in [2.05, 4.69) is 20.3 Å². The number of hydrogen-bond donors (Lipinski definition) is 1. The summed E-state index contributed by atoms with van der Waals surface area (Å²) in [5, 5.41) is 2.51. The first-order valence-electron chi connectivity index (χ1n) is 5.48. The molecule has 0 fully saturated rings. The minimum atomic E-state index is -0.675. The molecule has 1 N–H and O–H groups in total. The molecule has 0 aromatic carbocycles. The Labute approximate surface area is 109 Å². The average Bonchev–Trinajstić information content (AvgIpc) is 2.39. The summed E-state index contributed by atoms with van der Waals surface area (Å²) in [6.07, 6.45) is 5.25. The number of hydrogen-bond acceptors (Lipinski definition) is 5. The summed E-state index contributed by atoms with van der Waals surface area (Å²) < 4.78 is 13.4. The third-order valence-corrected chi connectivity index (χ3v) is 2.31. The maximum atomic E-state index is 13.4. The lowest BCUT2D eigenvalue weighted by atomic mass is 10.2. The third-order valence-electron chi connectivity index (χ3n) is 2.31. The van der Waals surface area contributed by atoms with E-state index in [0.29, 0.717) is 11.6 Å². The van der Waals surface area contributed by atoms with E-state index in [0.717, 1.165) is 6.20 Å². The number of aromatic nitrogens is 3. The number of anilines is 2. The third kappa shape index (κ3) is 3.01. The Balaban J connectivity index is 2.13. The second kappa shape index (κ2) is 5.38. The van der Waals surface area contributed by atoms with Crippen LogP contribution in [0, 0.1) is 5.82 Å². The fraction of sp³-hybridized carbons (Fsp3) is 0.167. The van der Waals surface area contributed by atoms with Crippen LogP contribution in [0.3, 0.4) is 0 Å². The largest absolute Gasteiger partial charge is 0.347 e. The van der Waals surface area contributed by atoms with E-state index in [-0.39, 0.29) is 5.56 Å². The van der Waals surface area contributed by atoms with Gasteiger partial charge in [-0.05, 0) is 6.07 Å². The van der Waals surface area contributed by atoms with Crippen LogP contribution >= 0.6 is 0 Å². The molecule has 0 atom stereocenters. The molecule has 6 nitrogen and oxygen atoms in total. The predicted octanol–water partition coefficient (Wildman–Crippen LogP) is 1.33. The van der Waals surface area contributed by atoms with Gasteiger partial charge in [0.05, 0.1) is 29.8 Å². The van der Waals surface area contributed by atoms with Gasteiger partial charge in [-0.3, -0.25) is 9.78 Å². The molecule has 0 aliphatic rings. The summed E-state index contributed by atoms with van der Waals surface area (Å²) in [5.41, 5.74) is 0.318. The van der Waals surface area contributed by atoms with Crippen LogP contribution in [0.5, 0.6) is 0 Å². The molecule has 19 heavy (non-hydrogen) atoms. The Bertz CT molecular complexity index is 585. The molecule has 0 aliphatic heterocycles. The number of carbonyl (C=O) groups is 1. The quantitative estimate of drug-likeness (QED) is 0.902. The summed E-state index contributed by atoms with van der Waals surface area (Å²) in [7, 11) is 3.61. The molecule has 0 radical (unpaired) electrons. The molecular weight excluding hydrogens is 249 g/mol. The van der Waals surface area contributed by atoms with Crippen molar-refractivity contribution in [3.63, 3.8) is 0 Å². The normalized spacial score (nSPS) is 10.1. The van der Waals surface area contributed by atoms with Gasteiger partial charge in [0.1, 0.15) is 0 Å². The van der Waals surface area contributed by atoms with Crippen molar-refractivity contribution in [2.45, 2.75) is 0 Å². The monoisotopic (exact) mass is 261 g/mol. The van der Waals surface area contributed by atoms with Crippen molar-refractivity contribution < 1.29 is 9.18 Å². The zero-order chi connectivity index (χ0) is 13.8. The van der Waals surface area contributed by atoms with Gasteiger partial charge in [0.15, 0.2) is 5.82 Å². The van der Waals surface area contributed by atoms with Crippen molar-refractivity contribution in [1.29, 1.82) is 0 Å². The van der Waals surface area contributed by atoms with Crippen LogP contribution in [0.1, 0.15) is 10.4 Å². The molecule has 0 saturated heterocycles. The molecule has 0 aliphatic carbocycles. The highest BCUT2D eigenvalue weighted by Gasteiger charge is 2.11. The van der Waals surface area contributed by atoms with Crippen LogP contribution in [-0.4, -0.2) is 35.0 Å². The Kier molecular flexibility index (Phi) is 3.65. The van der Waals surface area contributed by atoms with Gasteiger partial charge in [0.25, 0.3) is 5.91 Å². The second-order valence-electron chi connectivity index (χ2n) is 3.98. The number of carbonyl (C=O) groups excluding carboxylic acids is 1. The number of nitrogens with zero attached hydrogens (tertiary/aromatic N) is 4. The number of halogens is 1. The summed E-state index contributed by atoms with van der Waals surface area (Å²) in [5.74, 6) is -0.722. The van der Waals surface area contributed by atoms with Crippen molar-refractivity contribution in [3.8, 4) is 0 Å². The Morgan fingerprint density at radius 2 is 1.95 bits per heavy atom. The van der Waals surface area contributed by atoms with Gasteiger partial charge in [0, 0.05) is 20.3 Å². The molecule has 2 aromatic rings. The maximum Gasteiger partial charge on any atom is 0.258 e. The summed E-state index contributed by atoms with van der Waals surface area (Å²) >= 11 is 0. The van der Waals surface area contributed by atoms with E-state index < -0.39 is 11.7 Å². The lowest BCUT2D eigenvalue weighted by Gasteiger charge is -2.10. The van der Waals surface area contributed by atoms with Crippen LogP contribution in [-0.2, 0) is 0 Å². The van der Waals surface area contributed by atoms with Gasteiger partial charge in [-0.1, -0.05) is 0 Å². The predicted molar refractivity (Wildman–Crippen MR) is 68.5 cm³/mol. The molecule has 2 aromatic heterocycles. The van der Waals surface area contributed by atoms with Gasteiger partial charge in [-0.2, -0.15) is 0 Å². The van der Waals surface area contributed by atoms with E-state index in [1.807, 2.05) is 0 Å². The van der Waals surface area contributed by atoms with Crippen molar-refractivity contribution in [1.82, 2.24) is 15.0 Å². The van der Waals surface area contributed by atoms with Crippen LogP contribution in [0.25, 0.3) is 0 Å². The van der Waals surface area contributed by atoms with Crippen LogP contribution in [0.15, 0.2) is 30.9 Å². The molecule has 7 heteroatoms. The molecule has 2 heterocycles. The number of rotatable bonds is 3.